The van der Waals surface area contributed by atoms with Gasteiger partial charge in [-0.15, -0.1) is 0 Å². The molecule has 3 fully saturated rings. The molecule has 0 unspecified atom stereocenters. The van der Waals surface area contributed by atoms with Gasteiger partial charge in [-0.2, -0.15) is 0 Å². The van der Waals surface area contributed by atoms with Gasteiger partial charge in [0.05, 0.1) is 61.4 Å². The maximum atomic E-state index is 15.0. The Labute approximate surface area is 690 Å². The Morgan fingerprint density at radius 3 is 1.84 bits per heavy atom. The van der Waals surface area contributed by atoms with E-state index in [9.17, 15) is 103 Å². The van der Waals surface area contributed by atoms with Crippen LogP contribution in [0.5, 0.6) is 0 Å². The van der Waals surface area contributed by atoms with Crippen molar-refractivity contribution in [2.24, 2.45) is 35.5 Å². The highest BCUT2D eigenvalue weighted by Gasteiger charge is 2.50. The van der Waals surface area contributed by atoms with Crippen molar-refractivity contribution in [3.63, 3.8) is 0 Å². The molecule has 1 saturated carbocycles. The summed E-state index contributed by atoms with van der Waals surface area (Å²) < 4.78 is 34.3. The summed E-state index contributed by atoms with van der Waals surface area (Å²) in [5.74, 6) is -14.8. The highest BCUT2D eigenvalue weighted by atomic mass is 16.7. The topological polar surface area (TPSA) is 553 Å². The molecule has 1 aliphatic carbocycles. The fraction of sp³-hybridized carbons (Fsp3) is 0.650. The number of amides is 12. The fourth-order valence-corrected chi connectivity index (χ4v) is 14.8. The van der Waals surface area contributed by atoms with Crippen LogP contribution in [0.3, 0.4) is 0 Å². The summed E-state index contributed by atoms with van der Waals surface area (Å²) >= 11 is 0. The number of imide groups is 1. The smallest absolute Gasteiger partial charge is 0.410 e. The zero-order chi connectivity index (χ0) is 88.6. The summed E-state index contributed by atoms with van der Waals surface area (Å²) in [6.45, 7) is 13.6. The number of likely N-dealkylation sites (tertiary alicyclic amines) is 1. The SMILES string of the molecule is CC[C@H](C)[C@@H]([C@@H](CC(=O)N1CCC[C@H]1[C@H](OC)[C@@H](C)C(=O)N[C@@H](Cc1ccccc1)C(=O)NCCCO[C@@H]1C[C@H](C(=O)O)[C@@H](O)[C@H](O)[C@H]1O)OC)N(C)C(=O)[C@@H](NC(=O)[C@H](C(C)C)N(C)C(=O)OCc1ccc(NC(=O)[C@H](CO[C@@H]2O[C@H](C(=O)O)[C@@H](O)[C@H](O)[C@H]2O)NC(=O)[C@@H](NC(=O)CCNC(=O)CN2C(=O)C=CC2=O)C(C)C)cc1)C(C)C. The van der Waals surface area contributed by atoms with Crippen molar-refractivity contribution < 1.29 is 136 Å². The van der Waals surface area contributed by atoms with Crippen LogP contribution >= 0.6 is 0 Å². The quantitative estimate of drug-likeness (QED) is 0.0253. The van der Waals surface area contributed by atoms with Crippen molar-refractivity contribution in [1.29, 1.82) is 0 Å². The fourth-order valence-electron chi connectivity index (χ4n) is 14.8. The summed E-state index contributed by atoms with van der Waals surface area (Å²) in [7, 11) is 5.78. The van der Waals surface area contributed by atoms with Gasteiger partial charge in [-0.3, -0.25) is 67.3 Å². The molecule has 119 heavy (non-hydrogen) atoms. The average Bonchev–Trinajstić information content (AvgIpc) is 1.80. The van der Waals surface area contributed by atoms with Gasteiger partial charge in [0.25, 0.3) is 11.8 Å². The van der Waals surface area contributed by atoms with Gasteiger partial charge in [-0.25, -0.2) is 9.59 Å². The van der Waals surface area contributed by atoms with Crippen molar-refractivity contribution >= 4 is 88.7 Å². The van der Waals surface area contributed by atoms with Gasteiger partial charge in [0.1, 0.15) is 73.9 Å². The standard InChI is InChI=1S/C80H119N11O28/c1-14-43(8)62(52(114-12)36-58(96)90-32-18-22-51(90)69(115-13)44(9)71(103)84-49(34-45-20-16-15-17-21-45)72(104)82-30-19-33-116-53-35-48(77(109)110)63(97)65(99)64(53)98)88(10)76(108)60(41(4)5)87-75(107)61(42(6)7)89(11)80(113)118-38-46-23-25-47(26-24-46)83-73(105)50(39-117-79-68(102)66(100)67(101)70(119-79)78(111)112)85-74(106)59(40(2)3)86-54(92)29-31-81-55(93)37-91-56(94)27-28-57(91)95/h15-17,20-21,23-28,40-44,48-53,59-70,79,97-102H,14,18-19,22,29-39H2,1-13H3,(H,81,93)(H,82,104)(H,83,105)(H,84,103)(H,85,106)(H,86,92)(H,87,107)(H,109,110)(H,111,112)/t43-,44+,48-,49-,50-,51-,52+,53+,59-,60-,61-,62-,63+,64-,65-,66-,67-,68+,69+,70-,79+/m0/s1. The Kier molecular flexibility index (Phi) is 38.1. The predicted molar refractivity (Wildman–Crippen MR) is 420 cm³/mol. The van der Waals surface area contributed by atoms with Crippen molar-refractivity contribution in [2.45, 2.75) is 230 Å². The molecular weight excluding hydrogens is 1560 g/mol. The Hall–Kier alpha value is -9.68. The van der Waals surface area contributed by atoms with Crippen molar-refractivity contribution in [3.05, 3.63) is 77.9 Å². The molecule has 39 heteroatoms. The lowest BCUT2D eigenvalue weighted by Crippen LogP contribution is -2.61. The number of aliphatic carboxylic acids is 2. The second kappa shape index (κ2) is 46.2. The molecule has 0 aromatic heterocycles. The third-order valence-electron chi connectivity index (χ3n) is 21.9. The first kappa shape index (κ1) is 98.1. The number of aliphatic hydroxyl groups excluding tert-OH is 6. The number of benzene rings is 2. The molecule has 0 bridgehead atoms. The second-order valence-corrected chi connectivity index (χ2v) is 31.4. The minimum absolute atomic E-state index is 0.0460. The Morgan fingerprint density at radius 1 is 0.622 bits per heavy atom. The molecule has 662 valence electrons. The van der Waals surface area contributed by atoms with E-state index in [0.717, 1.165) is 22.6 Å². The minimum atomic E-state index is -2.10. The molecule has 39 nitrogen and oxygen atoms in total. The first-order valence-electron chi connectivity index (χ1n) is 39.8. The number of aliphatic hydroxyl groups is 6. The van der Waals surface area contributed by atoms with E-state index in [1.807, 2.05) is 13.8 Å². The molecule has 6 rings (SSSR count). The van der Waals surface area contributed by atoms with E-state index in [0.29, 0.717) is 36.3 Å². The number of methoxy groups -OCH3 is 2. The third-order valence-corrected chi connectivity index (χ3v) is 21.9. The van der Waals surface area contributed by atoms with E-state index >= 15 is 4.79 Å². The number of carbonyl (C=O) groups excluding carboxylic acids is 12. The highest BCUT2D eigenvalue weighted by molar-refractivity contribution is 6.14. The maximum absolute atomic E-state index is 15.0. The summed E-state index contributed by atoms with van der Waals surface area (Å²) in [5.41, 5.74) is 1.21. The first-order chi connectivity index (χ1) is 56.2. The number of nitrogens with one attached hydrogen (secondary N) is 7. The van der Waals surface area contributed by atoms with Gasteiger partial charge in [-0.05, 0) is 72.6 Å². The Balaban J connectivity index is 1.06. The van der Waals surface area contributed by atoms with Gasteiger partial charge in [0.15, 0.2) is 12.4 Å². The molecule has 4 aliphatic rings. The molecule has 2 saturated heterocycles. The lowest BCUT2D eigenvalue weighted by molar-refractivity contribution is -0.294. The summed E-state index contributed by atoms with van der Waals surface area (Å²) in [4.78, 5) is 193. The number of carboxylic acids is 2. The number of carbonyl (C=O) groups is 14. The molecule has 0 radical (unpaired) electrons. The lowest BCUT2D eigenvalue weighted by Gasteiger charge is -2.41. The van der Waals surface area contributed by atoms with E-state index in [4.69, 9.17) is 28.4 Å². The molecule has 2 aromatic carbocycles. The number of nitrogens with zero attached hydrogens (tertiary/aromatic N) is 4. The van der Waals surface area contributed by atoms with Crippen LogP contribution in [0.25, 0.3) is 0 Å². The molecule has 0 spiro atoms. The van der Waals surface area contributed by atoms with Crippen LogP contribution < -0.4 is 37.2 Å². The van der Waals surface area contributed by atoms with Crippen LogP contribution in [-0.4, -0.2) is 321 Å². The maximum Gasteiger partial charge on any atom is 0.410 e. The number of ether oxygens (including phenoxy) is 6. The molecule has 21 atom stereocenters. The Morgan fingerprint density at radius 2 is 1.25 bits per heavy atom. The monoisotopic (exact) mass is 1680 g/mol. The van der Waals surface area contributed by atoms with Crippen molar-refractivity contribution in [1.82, 2.24) is 51.5 Å². The van der Waals surface area contributed by atoms with Gasteiger partial charge in [0, 0.05) is 85.2 Å². The van der Waals surface area contributed by atoms with Crippen LogP contribution in [0.1, 0.15) is 118 Å². The molecule has 2 aromatic rings. The molecule has 15 N–H and O–H groups in total. The van der Waals surface area contributed by atoms with Crippen LogP contribution in [0.2, 0.25) is 0 Å². The largest absolute Gasteiger partial charge is 0.481 e. The van der Waals surface area contributed by atoms with Gasteiger partial charge in [0.2, 0.25) is 53.2 Å². The minimum Gasteiger partial charge on any atom is -0.481 e. The summed E-state index contributed by atoms with van der Waals surface area (Å²) in [6, 6.07) is 6.81. The molecule has 12 amide bonds. The molecule has 3 heterocycles. The lowest BCUT2D eigenvalue weighted by atomic mass is 9.81. The van der Waals surface area contributed by atoms with Crippen molar-refractivity contribution in [3.8, 4) is 0 Å². The molecular formula is C80H119N11O28. The number of carboxylic acid groups (broad SMARTS) is 2. The van der Waals surface area contributed by atoms with Crippen LogP contribution in [0, 0.1) is 35.5 Å². The number of rotatable bonds is 44. The zero-order valence-electron chi connectivity index (χ0n) is 69.3. The van der Waals surface area contributed by atoms with Gasteiger partial charge in [-0.1, -0.05) is 111 Å². The zero-order valence-corrected chi connectivity index (χ0v) is 69.3. The van der Waals surface area contributed by atoms with Gasteiger partial charge >= 0.3 is 18.0 Å². The number of anilines is 1. The van der Waals surface area contributed by atoms with Crippen LogP contribution in [-0.2, 0) is 104 Å². The number of hydrogen-bond donors (Lipinski definition) is 15. The van der Waals surface area contributed by atoms with E-state index < -0.39 is 229 Å². The normalized spacial score (nSPS) is 23.7. The third kappa shape index (κ3) is 26.9. The van der Waals surface area contributed by atoms with E-state index in [-0.39, 0.29) is 75.9 Å². The average molecular weight is 1680 g/mol. The van der Waals surface area contributed by atoms with E-state index in [1.54, 1.807) is 90.7 Å². The highest BCUT2D eigenvalue weighted by Crippen LogP contribution is 2.32. The van der Waals surface area contributed by atoms with Crippen LogP contribution in [0.4, 0.5) is 10.5 Å². The number of likely N-dealkylation sites (N-methyl/N-ethyl adjacent to an activating group) is 2. The predicted octanol–water partition coefficient (Wildman–Crippen LogP) is -1.95. The van der Waals surface area contributed by atoms with Crippen LogP contribution in [0.15, 0.2) is 66.7 Å². The second-order valence-electron chi connectivity index (χ2n) is 31.4. The number of hydrogen-bond acceptors (Lipinski definition) is 26. The summed E-state index contributed by atoms with van der Waals surface area (Å²) in [6.07, 6.45) is -16.1. The first-order valence-corrected chi connectivity index (χ1v) is 39.8. The Bertz CT molecular complexity index is 3820. The van der Waals surface area contributed by atoms with E-state index in [2.05, 4.69) is 37.2 Å². The van der Waals surface area contributed by atoms with Crippen molar-refractivity contribution in [2.75, 3.05) is 73.0 Å². The summed E-state index contributed by atoms with van der Waals surface area (Å²) in [5, 5.41) is 100.0. The van der Waals surface area contributed by atoms with E-state index in [1.165, 1.54) is 50.4 Å². The van der Waals surface area contributed by atoms with Gasteiger partial charge < -0.3 is 116 Å². The molecule has 3 aliphatic heterocycles.